The van der Waals surface area contributed by atoms with E-state index in [2.05, 4.69) is 10.1 Å². The van der Waals surface area contributed by atoms with E-state index in [0.29, 0.717) is 24.7 Å². The molecular formula is C10H17N3O2. The van der Waals surface area contributed by atoms with Crippen LogP contribution in [0.4, 0.5) is 0 Å². The third-order valence-corrected chi connectivity index (χ3v) is 2.90. The number of hydrogen-bond donors (Lipinski definition) is 1. The number of rotatable bonds is 4. The molecule has 1 saturated carbocycles. The monoisotopic (exact) mass is 211 g/mol. The summed E-state index contributed by atoms with van der Waals surface area (Å²) < 4.78 is 10.2. The predicted octanol–water partition coefficient (Wildman–Crippen LogP) is 0.853. The lowest BCUT2D eigenvalue weighted by atomic mass is 10.1. The average Bonchev–Trinajstić information content (AvgIpc) is 2.83. The standard InChI is InChI=1S/C10H17N3O2/c1-14-6-5-9-12-10(15-13-9)7-3-2-4-8(7)11/h7-8H,2-6,11H2,1H3/t7-,8+/m1/s1. The predicted molar refractivity (Wildman–Crippen MR) is 54.4 cm³/mol. The molecule has 0 radical (unpaired) electrons. The highest BCUT2D eigenvalue weighted by Gasteiger charge is 2.30. The molecule has 15 heavy (non-hydrogen) atoms. The van der Waals surface area contributed by atoms with Gasteiger partial charge in [-0.25, -0.2) is 0 Å². The van der Waals surface area contributed by atoms with Crippen LogP contribution in [-0.2, 0) is 11.2 Å². The third-order valence-electron chi connectivity index (χ3n) is 2.90. The summed E-state index contributed by atoms with van der Waals surface area (Å²) in [5.74, 6) is 1.67. The van der Waals surface area contributed by atoms with Gasteiger partial charge in [-0.15, -0.1) is 0 Å². The number of nitrogens with two attached hydrogens (primary N) is 1. The van der Waals surface area contributed by atoms with Gasteiger partial charge in [0.15, 0.2) is 5.82 Å². The Labute approximate surface area is 89.0 Å². The number of nitrogens with zero attached hydrogens (tertiary/aromatic N) is 2. The summed E-state index contributed by atoms with van der Waals surface area (Å²) in [5.41, 5.74) is 5.97. The molecule has 1 aliphatic carbocycles. The van der Waals surface area contributed by atoms with Crippen LogP contribution in [0.1, 0.15) is 36.9 Å². The first-order chi connectivity index (χ1) is 7.31. The molecule has 84 valence electrons. The van der Waals surface area contributed by atoms with Crippen molar-refractivity contribution in [1.29, 1.82) is 0 Å². The molecule has 5 heteroatoms. The van der Waals surface area contributed by atoms with E-state index in [4.69, 9.17) is 15.0 Å². The van der Waals surface area contributed by atoms with Gasteiger partial charge >= 0.3 is 0 Å². The topological polar surface area (TPSA) is 74.2 Å². The summed E-state index contributed by atoms with van der Waals surface area (Å²) in [4.78, 5) is 4.34. The molecule has 0 bridgehead atoms. The fraction of sp³-hybridized carbons (Fsp3) is 0.800. The summed E-state index contributed by atoms with van der Waals surface area (Å²) in [6.45, 7) is 0.621. The fourth-order valence-corrected chi connectivity index (χ4v) is 2.01. The molecule has 0 aliphatic heterocycles. The Morgan fingerprint density at radius 1 is 1.53 bits per heavy atom. The first-order valence-corrected chi connectivity index (χ1v) is 5.38. The second-order valence-electron chi connectivity index (χ2n) is 3.99. The van der Waals surface area contributed by atoms with Crippen molar-refractivity contribution in [1.82, 2.24) is 10.1 Å². The largest absolute Gasteiger partial charge is 0.384 e. The molecule has 2 N–H and O–H groups in total. The van der Waals surface area contributed by atoms with Gasteiger partial charge in [0.05, 0.1) is 12.5 Å². The highest BCUT2D eigenvalue weighted by molar-refractivity contribution is 5.02. The Kier molecular flexibility index (Phi) is 3.33. The van der Waals surface area contributed by atoms with Gasteiger partial charge in [-0.05, 0) is 12.8 Å². The minimum Gasteiger partial charge on any atom is -0.384 e. The molecular weight excluding hydrogens is 194 g/mol. The number of methoxy groups -OCH3 is 1. The highest BCUT2D eigenvalue weighted by atomic mass is 16.5. The maximum absolute atomic E-state index is 5.97. The van der Waals surface area contributed by atoms with E-state index in [9.17, 15) is 0 Å². The van der Waals surface area contributed by atoms with E-state index >= 15 is 0 Å². The van der Waals surface area contributed by atoms with Crippen molar-refractivity contribution in [3.05, 3.63) is 11.7 Å². The quantitative estimate of drug-likeness (QED) is 0.799. The van der Waals surface area contributed by atoms with Crippen LogP contribution in [0.25, 0.3) is 0 Å². The van der Waals surface area contributed by atoms with Gasteiger partial charge in [-0.2, -0.15) is 4.98 Å². The first kappa shape index (κ1) is 10.6. The molecule has 1 aromatic heterocycles. The van der Waals surface area contributed by atoms with Crippen LogP contribution in [0, 0.1) is 0 Å². The van der Waals surface area contributed by atoms with E-state index in [1.54, 1.807) is 7.11 Å². The fourth-order valence-electron chi connectivity index (χ4n) is 2.01. The van der Waals surface area contributed by atoms with Crippen LogP contribution in [0.3, 0.4) is 0 Å². The minimum absolute atomic E-state index is 0.181. The Morgan fingerprint density at radius 3 is 3.07 bits per heavy atom. The SMILES string of the molecule is COCCc1noc([C@@H]2CCC[C@@H]2N)n1. The van der Waals surface area contributed by atoms with Crippen LogP contribution in [-0.4, -0.2) is 29.9 Å². The molecule has 5 nitrogen and oxygen atoms in total. The molecule has 0 amide bonds. The van der Waals surface area contributed by atoms with Crippen molar-refractivity contribution in [2.24, 2.45) is 5.73 Å². The number of aromatic nitrogens is 2. The van der Waals surface area contributed by atoms with E-state index in [1.807, 2.05) is 0 Å². The number of ether oxygens (including phenoxy) is 1. The number of hydrogen-bond acceptors (Lipinski definition) is 5. The van der Waals surface area contributed by atoms with Crippen molar-refractivity contribution in [2.75, 3.05) is 13.7 Å². The maximum Gasteiger partial charge on any atom is 0.231 e. The van der Waals surface area contributed by atoms with Gasteiger partial charge in [-0.1, -0.05) is 11.6 Å². The summed E-state index contributed by atoms with van der Waals surface area (Å²) in [6, 6.07) is 0.181. The second kappa shape index (κ2) is 4.72. The van der Waals surface area contributed by atoms with Crippen molar-refractivity contribution in [3.8, 4) is 0 Å². The zero-order chi connectivity index (χ0) is 10.7. The zero-order valence-corrected chi connectivity index (χ0v) is 8.98. The van der Waals surface area contributed by atoms with Gasteiger partial charge in [-0.3, -0.25) is 0 Å². The average molecular weight is 211 g/mol. The van der Waals surface area contributed by atoms with E-state index in [0.717, 1.165) is 19.3 Å². The van der Waals surface area contributed by atoms with E-state index < -0.39 is 0 Å². The summed E-state index contributed by atoms with van der Waals surface area (Å²) in [5, 5.41) is 3.91. The smallest absolute Gasteiger partial charge is 0.231 e. The molecule has 1 aliphatic rings. The first-order valence-electron chi connectivity index (χ1n) is 5.38. The van der Waals surface area contributed by atoms with E-state index in [-0.39, 0.29) is 12.0 Å². The molecule has 1 aromatic rings. The Morgan fingerprint density at radius 2 is 2.40 bits per heavy atom. The van der Waals surface area contributed by atoms with Crippen LogP contribution in [0.15, 0.2) is 4.52 Å². The minimum atomic E-state index is 0.181. The maximum atomic E-state index is 5.97. The van der Waals surface area contributed by atoms with E-state index in [1.165, 1.54) is 0 Å². The summed E-state index contributed by atoms with van der Waals surface area (Å²) in [7, 11) is 1.66. The molecule has 0 aromatic carbocycles. The van der Waals surface area contributed by atoms with Crippen LogP contribution >= 0.6 is 0 Å². The lowest BCUT2D eigenvalue weighted by Gasteiger charge is -2.08. The second-order valence-corrected chi connectivity index (χ2v) is 3.99. The van der Waals surface area contributed by atoms with Crippen molar-refractivity contribution in [2.45, 2.75) is 37.6 Å². The highest BCUT2D eigenvalue weighted by Crippen LogP contribution is 2.32. The van der Waals surface area contributed by atoms with Gasteiger partial charge in [0.2, 0.25) is 5.89 Å². The molecule has 1 fully saturated rings. The lowest BCUT2D eigenvalue weighted by Crippen LogP contribution is -2.22. The van der Waals surface area contributed by atoms with Crippen molar-refractivity contribution in [3.63, 3.8) is 0 Å². The van der Waals surface area contributed by atoms with Gasteiger partial charge < -0.3 is 15.0 Å². The summed E-state index contributed by atoms with van der Waals surface area (Å²) >= 11 is 0. The summed E-state index contributed by atoms with van der Waals surface area (Å²) in [6.07, 6.45) is 3.97. The lowest BCUT2D eigenvalue weighted by molar-refractivity contribution is 0.199. The van der Waals surface area contributed by atoms with Crippen LogP contribution in [0.5, 0.6) is 0 Å². The van der Waals surface area contributed by atoms with Crippen LogP contribution in [0.2, 0.25) is 0 Å². The Hall–Kier alpha value is -0.940. The molecule has 2 atom stereocenters. The molecule has 0 saturated heterocycles. The van der Waals surface area contributed by atoms with Gasteiger partial charge in [0, 0.05) is 19.6 Å². The zero-order valence-electron chi connectivity index (χ0n) is 8.98. The molecule has 0 spiro atoms. The van der Waals surface area contributed by atoms with Gasteiger partial charge in [0.1, 0.15) is 0 Å². The Balaban J connectivity index is 1.99. The Bertz CT molecular complexity index is 313. The normalized spacial score (nSPS) is 26.0. The van der Waals surface area contributed by atoms with Crippen LogP contribution < -0.4 is 5.73 Å². The van der Waals surface area contributed by atoms with Crippen molar-refractivity contribution < 1.29 is 9.26 Å². The molecule has 1 heterocycles. The van der Waals surface area contributed by atoms with Crippen molar-refractivity contribution >= 4 is 0 Å². The van der Waals surface area contributed by atoms with Gasteiger partial charge in [0.25, 0.3) is 0 Å². The third kappa shape index (κ3) is 2.35. The molecule has 0 unspecified atom stereocenters. The molecule has 2 rings (SSSR count).